The molecule has 1 aliphatic rings. The number of hydrogen-bond donors (Lipinski definition) is 1. The van der Waals surface area contributed by atoms with Crippen LogP contribution in [-0.4, -0.2) is 31.1 Å². The summed E-state index contributed by atoms with van der Waals surface area (Å²) >= 11 is 0. The zero-order chi connectivity index (χ0) is 15.3. The van der Waals surface area contributed by atoms with Crippen molar-refractivity contribution in [3.8, 4) is 6.07 Å². The lowest BCUT2D eigenvalue weighted by molar-refractivity contribution is 0.184. The van der Waals surface area contributed by atoms with Crippen LogP contribution in [0.1, 0.15) is 38.7 Å². The summed E-state index contributed by atoms with van der Waals surface area (Å²) in [7, 11) is 2.14. The highest BCUT2D eigenvalue weighted by Crippen LogP contribution is 2.35. The molecule has 1 saturated carbocycles. The van der Waals surface area contributed by atoms with E-state index in [9.17, 15) is 5.26 Å². The van der Waals surface area contributed by atoms with Crippen molar-refractivity contribution in [1.82, 2.24) is 10.2 Å². The van der Waals surface area contributed by atoms with Crippen LogP contribution in [0.5, 0.6) is 0 Å². The molecular formula is C18H27N3. The number of hydrogen-bond acceptors (Lipinski definition) is 3. The fourth-order valence-electron chi connectivity index (χ4n) is 2.91. The average molecular weight is 285 g/mol. The van der Waals surface area contributed by atoms with Gasteiger partial charge in [-0.15, -0.1) is 0 Å². The van der Waals surface area contributed by atoms with E-state index in [-0.39, 0.29) is 0 Å². The fourth-order valence-corrected chi connectivity index (χ4v) is 2.91. The van der Waals surface area contributed by atoms with Gasteiger partial charge in [-0.25, -0.2) is 0 Å². The van der Waals surface area contributed by atoms with Gasteiger partial charge < -0.3 is 4.90 Å². The number of likely N-dealkylation sites (N-methyl/N-ethyl adjacent to an activating group) is 1. The molecule has 0 bridgehead atoms. The Morgan fingerprint density at radius 3 is 2.57 bits per heavy atom. The second-order valence-corrected chi connectivity index (χ2v) is 6.30. The number of nitrogens with one attached hydrogen (secondary N) is 1. The summed E-state index contributed by atoms with van der Waals surface area (Å²) in [6.45, 7) is 6.00. The zero-order valence-electron chi connectivity index (χ0n) is 13.5. The molecule has 0 heterocycles. The van der Waals surface area contributed by atoms with Crippen LogP contribution >= 0.6 is 0 Å². The molecule has 0 aliphatic heterocycles. The standard InChI is InChI=1S/C18H27N3/c1-4-12-20-18(13-19,17-8-6-5-7-9-17)14-21(3)15(2)16-10-11-16/h5-9,15-16,20H,4,10-12,14H2,1-3H3. The summed E-state index contributed by atoms with van der Waals surface area (Å²) in [6.07, 6.45) is 3.69. The molecule has 1 fully saturated rings. The summed E-state index contributed by atoms with van der Waals surface area (Å²) in [6, 6.07) is 13.2. The molecule has 0 amide bonds. The van der Waals surface area contributed by atoms with E-state index in [0.29, 0.717) is 6.04 Å². The van der Waals surface area contributed by atoms with Crippen molar-refractivity contribution in [2.24, 2.45) is 5.92 Å². The van der Waals surface area contributed by atoms with E-state index in [0.717, 1.165) is 31.0 Å². The van der Waals surface area contributed by atoms with Crippen molar-refractivity contribution in [2.45, 2.75) is 44.7 Å². The molecule has 1 aromatic rings. The Morgan fingerprint density at radius 1 is 1.38 bits per heavy atom. The SMILES string of the molecule is CCCNC(C#N)(CN(C)C(C)C1CC1)c1ccccc1. The van der Waals surface area contributed by atoms with Gasteiger partial charge in [0.15, 0.2) is 0 Å². The van der Waals surface area contributed by atoms with Crippen LogP contribution in [0.2, 0.25) is 0 Å². The van der Waals surface area contributed by atoms with Crippen molar-refractivity contribution in [2.75, 3.05) is 20.1 Å². The van der Waals surface area contributed by atoms with Gasteiger partial charge in [0.05, 0.1) is 6.07 Å². The predicted molar refractivity (Wildman–Crippen MR) is 86.8 cm³/mol. The molecule has 0 radical (unpaired) electrons. The summed E-state index contributed by atoms with van der Waals surface area (Å²) in [5.41, 5.74) is 0.450. The maximum absolute atomic E-state index is 9.90. The quantitative estimate of drug-likeness (QED) is 0.797. The van der Waals surface area contributed by atoms with Crippen molar-refractivity contribution in [3.05, 3.63) is 35.9 Å². The van der Waals surface area contributed by atoms with Crippen molar-refractivity contribution >= 4 is 0 Å². The van der Waals surface area contributed by atoms with E-state index in [4.69, 9.17) is 0 Å². The van der Waals surface area contributed by atoms with Crippen LogP contribution in [0.25, 0.3) is 0 Å². The van der Waals surface area contributed by atoms with Gasteiger partial charge >= 0.3 is 0 Å². The maximum Gasteiger partial charge on any atom is 0.145 e. The zero-order valence-corrected chi connectivity index (χ0v) is 13.5. The van der Waals surface area contributed by atoms with Crippen LogP contribution in [0.3, 0.4) is 0 Å². The molecule has 1 N–H and O–H groups in total. The number of rotatable bonds is 8. The smallest absolute Gasteiger partial charge is 0.145 e. The third kappa shape index (κ3) is 3.84. The van der Waals surface area contributed by atoms with Crippen molar-refractivity contribution in [3.63, 3.8) is 0 Å². The highest BCUT2D eigenvalue weighted by molar-refractivity contribution is 5.32. The molecule has 2 rings (SSSR count). The average Bonchev–Trinajstić information content (AvgIpc) is 3.36. The first-order valence-corrected chi connectivity index (χ1v) is 8.05. The Balaban J connectivity index is 2.20. The number of nitrogens with zero attached hydrogens (tertiary/aromatic N) is 2. The van der Waals surface area contributed by atoms with Gasteiger partial charge in [-0.3, -0.25) is 5.32 Å². The molecule has 0 saturated heterocycles. The molecule has 1 aromatic carbocycles. The highest BCUT2D eigenvalue weighted by atomic mass is 15.2. The Morgan fingerprint density at radius 2 is 2.05 bits per heavy atom. The second kappa shape index (κ2) is 7.06. The van der Waals surface area contributed by atoms with E-state index in [1.54, 1.807) is 0 Å². The molecule has 3 nitrogen and oxygen atoms in total. The van der Waals surface area contributed by atoms with Gasteiger partial charge in [0, 0.05) is 12.6 Å². The van der Waals surface area contributed by atoms with Gasteiger partial charge in [-0.2, -0.15) is 5.26 Å². The minimum absolute atomic E-state index is 0.546. The molecule has 0 aromatic heterocycles. The van der Waals surface area contributed by atoms with Gasteiger partial charge in [0.1, 0.15) is 5.54 Å². The first-order valence-electron chi connectivity index (χ1n) is 8.05. The Labute approximate surface area is 129 Å². The molecule has 1 aliphatic carbocycles. The summed E-state index contributed by atoms with van der Waals surface area (Å²) in [4.78, 5) is 2.34. The molecule has 2 atom stereocenters. The van der Waals surface area contributed by atoms with E-state index in [1.165, 1.54) is 12.8 Å². The fraction of sp³-hybridized carbons (Fsp3) is 0.611. The number of benzene rings is 1. The largest absolute Gasteiger partial charge is 0.300 e. The topological polar surface area (TPSA) is 39.1 Å². The van der Waals surface area contributed by atoms with Crippen molar-refractivity contribution in [1.29, 1.82) is 5.26 Å². The van der Waals surface area contributed by atoms with Gasteiger partial charge in [0.25, 0.3) is 0 Å². The van der Waals surface area contributed by atoms with Crippen molar-refractivity contribution < 1.29 is 0 Å². The van der Waals surface area contributed by atoms with Gasteiger partial charge in [-0.1, -0.05) is 37.3 Å². The van der Waals surface area contributed by atoms with Crippen LogP contribution in [0.15, 0.2) is 30.3 Å². The second-order valence-electron chi connectivity index (χ2n) is 6.30. The maximum atomic E-state index is 9.90. The molecule has 3 heteroatoms. The third-order valence-electron chi connectivity index (χ3n) is 4.62. The van der Waals surface area contributed by atoms with E-state index >= 15 is 0 Å². The monoisotopic (exact) mass is 285 g/mol. The first kappa shape index (κ1) is 16.0. The lowest BCUT2D eigenvalue weighted by Gasteiger charge is -2.35. The first-order chi connectivity index (χ1) is 10.1. The molecule has 2 unspecified atom stereocenters. The molecule has 114 valence electrons. The molecular weight excluding hydrogens is 258 g/mol. The van der Waals surface area contributed by atoms with E-state index < -0.39 is 5.54 Å². The predicted octanol–water partition coefficient (Wildman–Crippen LogP) is 3.14. The number of nitriles is 1. The Bertz CT molecular complexity index is 475. The van der Waals surface area contributed by atoms with E-state index in [2.05, 4.69) is 49.3 Å². The Kier molecular flexibility index (Phi) is 5.39. The molecule has 0 spiro atoms. The molecule has 21 heavy (non-hydrogen) atoms. The van der Waals surface area contributed by atoms with E-state index in [1.807, 2.05) is 18.2 Å². The van der Waals surface area contributed by atoms with Gasteiger partial charge in [-0.05, 0) is 51.3 Å². The third-order valence-corrected chi connectivity index (χ3v) is 4.62. The summed E-state index contributed by atoms with van der Waals surface area (Å²) < 4.78 is 0. The van der Waals surface area contributed by atoms with Gasteiger partial charge in [0.2, 0.25) is 0 Å². The minimum atomic E-state index is -0.616. The van der Waals surface area contributed by atoms with Crippen LogP contribution in [-0.2, 0) is 5.54 Å². The Hall–Kier alpha value is -1.37. The highest BCUT2D eigenvalue weighted by Gasteiger charge is 2.37. The normalized spacial score (nSPS) is 19.0. The lowest BCUT2D eigenvalue weighted by atomic mass is 9.90. The van der Waals surface area contributed by atoms with Crippen LogP contribution < -0.4 is 5.32 Å². The minimum Gasteiger partial charge on any atom is -0.300 e. The summed E-state index contributed by atoms with van der Waals surface area (Å²) in [5, 5.41) is 13.4. The van der Waals surface area contributed by atoms with Crippen LogP contribution in [0.4, 0.5) is 0 Å². The summed E-state index contributed by atoms with van der Waals surface area (Å²) in [5.74, 6) is 0.813. The van der Waals surface area contributed by atoms with Crippen LogP contribution in [0, 0.1) is 17.2 Å². The lowest BCUT2D eigenvalue weighted by Crippen LogP contribution is -2.51.